The summed E-state index contributed by atoms with van der Waals surface area (Å²) < 4.78 is 1.89. The highest BCUT2D eigenvalue weighted by Gasteiger charge is 2.39. The Morgan fingerprint density at radius 1 is 1.03 bits per heavy atom. The fourth-order valence-electron chi connectivity index (χ4n) is 5.56. The normalized spacial score (nSPS) is 22.5. The molecular formula is C24H27ClN4O3. The highest BCUT2D eigenvalue weighted by molar-refractivity contribution is 6.13. The van der Waals surface area contributed by atoms with E-state index in [9.17, 15) is 14.9 Å². The number of nitro benzene ring substituents is 1. The zero-order valence-corrected chi connectivity index (χ0v) is 19.0. The van der Waals surface area contributed by atoms with Gasteiger partial charge in [-0.25, -0.2) is 0 Å². The zero-order chi connectivity index (χ0) is 21.7. The Labute approximate surface area is 193 Å². The maximum absolute atomic E-state index is 13.6. The molecule has 3 atom stereocenters. The molecule has 0 radical (unpaired) electrons. The first-order chi connectivity index (χ1) is 15.0. The second-order valence-corrected chi connectivity index (χ2v) is 8.77. The number of amides is 1. The molecule has 2 saturated heterocycles. The molecule has 0 saturated carbocycles. The SMILES string of the molecule is CN1[C@@H]2CC[C@H]1C[C@@H](NC(=O)c1c(-c3ccccc3[N+](=O)[O-])n(C)c3ccccc13)C2.Cl. The molecular weight excluding hydrogens is 428 g/mol. The van der Waals surface area contributed by atoms with Gasteiger partial charge in [0.2, 0.25) is 0 Å². The molecule has 1 amide bonds. The number of piperidine rings is 1. The quantitative estimate of drug-likeness (QED) is 0.464. The van der Waals surface area contributed by atoms with Crippen LogP contribution in [0.4, 0.5) is 5.69 Å². The first-order valence-electron chi connectivity index (χ1n) is 10.8. The number of rotatable bonds is 4. The third-order valence-electron chi connectivity index (χ3n) is 7.12. The molecule has 0 unspecified atom stereocenters. The van der Waals surface area contributed by atoms with Crippen molar-refractivity contribution in [2.24, 2.45) is 7.05 Å². The van der Waals surface area contributed by atoms with Gasteiger partial charge in [0.1, 0.15) is 0 Å². The Morgan fingerprint density at radius 3 is 2.34 bits per heavy atom. The minimum absolute atomic E-state index is 0. The lowest BCUT2D eigenvalue weighted by molar-refractivity contribution is -0.384. The zero-order valence-electron chi connectivity index (χ0n) is 18.2. The van der Waals surface area contributed by atoms with Gasteiger partial charge in [0.15, 0.2) is 0 Å². The van der Waals surface area contributed by atoms with Gasteiger partial charge in [-0.1, -0.05) is 30.3 Å². The van der Waals surface area contributed by atoms with Gasteiger partial charge in [0.05, 0.1) is 21.7 Å². The molecule has 168 valence electrons. The molecule has 2 bridgehead atoms. The van der Waals surface area contributed by atoms with Crippen LogP contribution < -0.4 is 5.32 Å². The Balaban J connectivity index is 0.00000245. The van der Waals surface area contributed by atoms with Crippen LogP contribution >= 0.6 is 12.4 Å². The highest BCUT2D eigenvalue weighted by Crippen LogP contribution is 2.38. The van der Waals surface area contributed by atoms with E-state index in [2.05, 4.69) is 17.3 Å². The van der Waals surface area contributed by atoms with E-state index in [0.29, 0.717) is 28.9 Å². The number of hydrogen-bond donors (Lipinski definition) is 1. The lowest BCUT2D eigenvalue weighted by atomic mass is 9.97. The van der Waals surface area contributed by atoms with Crippen molar-refractivity contribution in [2.45, 2.75) is 43.8 Å². The number of fused-ring (bicyclic) bond motifs is 3. The number of nitrogens with zero attached hydrogens (tertiary/aromatic N) is 3. The van der Waals surface area contributed by atoms with Crippen LogP contribution in [0.15, 0.2) is 48.5 Å². The van der Waals surface area contributed by atoms with Gasteiger partial charge in [0, 0.05) is 42.1 Å². The van der Waals surface area contributed by atoms with Crippen molar-refractivity contribution in [2.75, 3.05) is 7.05 Å². The average Bonchev–Trinajstić information content (AvgIpc) is 3.15. The first-order valence-corrected chi connectivity index (χ1v) is 10.8. The van der Waals surface area contributed by atoms with Crippen molar-refractivity contribution in [1.82, 2.24) is 14.8 Å². The first kappa shape index (κ1) is 22.3. The summed E-state index contributed by atoms with van der Waals surface area (Å²) in [5.41, 5.74) is 2.43. The Morgan fingerprint density at radius 2 is 1.66 bits per heavy atom. The molecule has 3 heterocycles. The maximum atomic E-state index is 13.6. The Hall–Kier alpha value is -2.90. The van der Waals surface area contributed by atoms with Crippen LogP contribution in [-0.4, -0.2) is 45.5 Å². The summed E-state index contributed by atoms with van der Waals surface area (Å²) in [4.78, 5) is 27.4. The van der Waals surface area contributed by atoms with Crippen LogP contribution in [0.1, 0.15) is 36.0 Å². The third-order valence-corrected chi connectivity index (χ3v) is 7.12. The predicted octanol–water partition coefficient (Wildman–Crippen LogP) is 4.53. The number of halogens is 1. The summed E-state index contributed by atoms with van der Waals surface area (Å²) in [5, 5.41) is 15.8. The van der Waals surface area contributed by atoms with E-state index in [0.717, 1.165) is 23.7 Å². The molecule has 1 N–H and O–H groups in total. The third kappa shape index (κ3) is 3.55. The molecule has 7 nitrogen and oxygen atoms in total. The van der Waals surface area contributed by atoms with Gasteiger partial charge in [-0.05, 0) is 44.9 Å². The summed E-state index contributed by atoms with van der Waals surface area (Å²) in [6, 6.07) is 15.5. The number of nitrogens with one attached hydrogen (secondary N) is 1. The van der Waals surface area contributed by atoms with E-state index in [-0.39, 0.29) is 35.0 Å². The van der Waals surface area contributed by atoms with Crippen molar-refractivity contribution in [3.63, 3.8) is 0 Å². The molecule has 1 aromatic heterocycles. The van der Waals surface area contributed by atoms with Crippen LogP contribution in [0.2, 0.25) is 0 Å². The lowest BCUT2D eigenvalue weighted by Gasteiger charge is -2.36. The molecule has 2 aliphatic heterocycles. The van der Waals surface area contributed by atoms with Gasteiger partial charge >= 0.3 is 0 Å². The van der Waals surface area contributed by atoms with Gasteiger partial charge in [-0.15, -0.1) is 12.4 Å². The second-order valence-electron chi connectivity index (χ2n) is 8.77. The van der Waals surface area contributed by atoms with Crippen molar-refractivity contribution in [3.05, 3.63) is 64.2 Å². The number of aryl methyl sites for hydroxylation is 1. The molecule has 3 aromatic rings. The summed E-state index contributed by atoms with van der Waals surface area (Å²) in [6.07, 6.45) is 4.27. The average molecular weight is 455 g/mol. The molecule has 2 aromatic carbocycles. The number of hydrogen-bond acceptors (Lipinski definition) is 4. The van der Waals surface area contributed by atoms with E-state index in [1.807, 2.05) is 35.9 Å². The Bertz CT molecular complexity index is 1180. The van der Waals surface area contributed by atoms with Gasteiger partial charge in [-0.2, -0.15) is 0 Å². The Kier molecular flexibility index (Phi) is 5.97. The monoisotopic (exact) mass is 454 g/mol. The van der Waals surface area contributed by atoms with E-state index in [4.69, 9.17) is 0 Å². The molecule has 2 aliphatic rings. The van der Waals surface area contributed by atoms with E-state index < -0.39 is 0 Å². The number of benzene rings is 2. The fraction of sp³-hybridized carbons (Fsp3) is 0.375. The van der Waals surface area contributed by atoms with E-state index in [1.54, 1.807) is 18.2 Å². The lowest BCUT2D eigenvalue weighted by Crippen LogP contribution is -2.48. The van der Waals surface area contributed by atoms with Gasteiger partial charge < -0.3 is 14.8 Å². The molecule has 5 rings (SSSR count). The number of carbonyl (C=O) groups is 1. The van der Waals surface area contributed by atoms with Crippen molar-refractivity contribution in [3.8, 4) is 11.3 Å². The van der Waals surface area contributed by atoms with Gasteiger partial charge in [-0.3, -0.25) is 14.9 Å². The molecule has 32 heavy (non-hydrogen) atoms. The summed E-state index contributed by atoms with van der Waals surface area (Å²) in [7, 11) is 4.04. The number of nitro groups is 1. The van der Waals surface area contributed by atoms with Crippen LogP contribution in [0.5, 0.6) is 0 Å². The minimum Gasteiger partial charge on any atom is -0.349 e. The summed E-state index contributed by atoms with van der Waals surface area (Å²) >= 11 is 0. The van der Waals surface area contributed by atoms with Crippen molar-refractivity contribution >= 4 is 34.9 Å². The smallest absolute Gasteiger partial charge is 0.278 e. The van der Waals surface area contributed by atoms with E-state index >= 15 is 0 Å². The van der Waals surface area contributed by atoms with Crippen molar-refractivity contribution in [1.29, 1.82) is 0 Å². The maximum Gasteiger partial charge on any atom is 0.278 e. The van der Waals surface area contributed by atoms with E-state index in [1.165, 1.54) is 18.9 Å². The highest BCUT2D eigenvalue weighted by atomic mass is 35.5. The molecule has 0 aliphatic carbocycles. The minimum atomic E-state index is -0.386. The molecule has 0 spiro atoms. The predicted molar refractivity (Wildman–Crippen MR) is 127 cm³/mol. The topological polar surface area (TPSA) is 80.4 Å². The standard InChI is InChI=1S/C24H26N4O3.ClH/c1-26-16-11-12-17(26)14-15(13-16)25-24(29)22-18-7-3-5-9-20(18)27(2)23(22)19-8-4-6-10-21(19)28(30)31;/h3-10,15-17H,11-14H2,1-2H3,(H,25,29);1H/t15-,16+,17-;. The van der Waals surface area contributed by atoms with Crippen LogP contribution in [0, 0.1) is 10.1 Å². The molecule has 2 fully saturated rings. The van der Waals surface area contributed by atoms with Crippen molar-refractivity contribution < 1.29 is 9.72 Å². The second kappa shape index (κ2) is 8.56. The largest absolute Gasteiger partial charge is 0.349 e. The number of para-hydroxylation sites is 2. The number of aromatic nitrogens is 1. The van der Waals surface area contributed by atoms with Crippen LogP contribution in [0.3, 0.4) is 0 Å². The summed E-state index contributed by atoms with van der Waals surface area (Å²) in [6.45, 7) is 0. The number of carbonyl (C=O) groups excluding carboxylic acids is 1. The van der Waals surface area contributed by atoms with Crippen LogP contribution in [0.25, 0.3) is 22.2 Å². The fourth-order valence-corrected chi connectivity index (χ4v) is 5.56. The van der Waals surface area contributed by atoms with Gasteiger partial charge in [0.25, 0.3) is 11.6 Å². The molecule has 8 heteroatoms. The summed E-state index contributed by atoms with van der Waals surface area (Å²) in [5.74, 6) is -0.154. The van der Waals surface area contributed by atoms with Crippen LogP contribution in [-0.2, 0) is 7.05 Å².